The first-order chi connectivity index (χ1) is 10.1. The maximum atomic E-state index is 13.2. The minimum atomic E-state index is -0.379. The number of piperidine rings is 1. The summed E-state index contributed by atoms with van der Waals surface area (Å²) in [5.41, 5.74) is 0.833. The van der Waals surface area contributed by atoms with E-state index in [1.54, 1.807) is 6.07 Å². The average molecular weight is 292 g/mol. The molecule has 2 N–H and O–H groups in total. The molecule has 0 radical (unpaired) electrons. The number of rotatable bonds is 5. The molecule has 0 bridgehead atoms. The van der Waals surface area contributed by atoms with E-state index in [-0.39, 0.29) is 17.6 Å². The van der Waals surface area contributed by atoms with Gasteiger partial charge in [0.15, 0.2) is 0 Å². The molecule has 2 atom stereocenters. The Kier molecular flexibility index (Phi) is 4.45. The van der Waals surface area contributed by atoms with Crippen molar-refractivity contribution >= 4 is 0 Å². The van der Waals surface area contributed by atoms with Gasteiger partial charge < -0.3 is 10.4 Å². The molecule has 2 unspecified atom stereocenters. The third-order valence-electron chi connectivity index (χ3n) is 4.80. The number of aromatic hydroxyl groups is 1. The van der Waals surface area contributed by atoms with Crippen molar-refractivity contribution < 1.29 is 9.50 Å². The highest BCUT2D eigenvalue weighted by Gasteiger charge is 2.35. The standard InChI is InChI=1S/C17H25FN2O/c1-12(16-8-5-13(18)10-17(16)21)20(15-6-7-15)11-14-4-2-3-9-19-14/h5,8,10,12,14-15,19,21H,2-4,6-7,9,11H2,1H3. The summed E-state index contributed by atoms with van der Waals surface area (Å²) >= 11 is 0. The van der Waals surface area contributed by atoms with Crippen molar-refractivity contribution in [1.29, 1.82) is 0 Å². The van der Waals surface area contributed by atoms with Gasteiger partial charge in [0, 0.05) is 36.3 Å². The molecule has 0 amide bonds. The van der Waals surface area contributed by atoms with E-state index in [9.17, 15) is 9.50 Å². The van der Waals surface area contributed by atoms with Crippen LogP contribution in [0.2, 0.25) is 0 Å². The molecular formula is C17H25FN2O. The van der Waals surface area contributed by atoms with Gasteiger partial charge in [0.05, 0.1) is 0 Å². The molecule has 3 rings (SSSR count). The summed E-state index contributed by atoms with van der Waals surface area (Å²) in [5.74, 6) is -0.305. The van der Waals surface area contributed by atoms with Crippen LogP contribution >= 0.6 is 0 Å². The predicted molar refractivity (Wildman–Crippen MR) is 81.8 cm³/mol. The van der Waals surface area contributed by atoms with Crippen molar-refractivity contribution in [3.05, 3.63) is 29.6 Å². The highest BCUT2D eigenvalue weighted by Crippen LogP contribution is 2.37. The Morgan fingerprint density at radius 3 is 2.76 bits per heavy atom. The normalized spacial score (nSPS) is 24.2. The summed E-state index contributed by atoms with van der Waals surface area (Å²) in [6, 6.07) is 5.67. The summed E-state index contributed by atoms with van der Waals surface area (Å²) in [6.45, 7) is 4.25. The molecule has 1 aliphatic carbocycles. The van der Waals surface area contributed by atoms with Crippen LogP contribution in [-0.4, -0.2) is 35.2 Å². The molecule has 1 heterocycles. The molecule has 116 valence electrons. The molecule has 1 saturated heterocycles. The highest BCUT2D eigenvalue weighted by molar-refractivity contribution is 5.35. The van der Waals surface area contributed by atoms with E-state index in [1.165, 1.54) is 44.2 Å². The number of phenols is 1. The fourth-order valence-electron chi connectivity index (χ4n) is 3.41. The largest absolute Gasteiger partial charge is 0.508 e. The fraction of sp³-hybridized carbons (Fsp3) is 0.647. The Morgan fingerprint density at radius 2 is 2.14 bits per heavy atom. The first-order valence-electron chi connectivity index (χ1n) is 8.12. The Bertz CT molecular complexity index is 484. The van der Waals surface area contributed by atoms with E-state index in [4.69, 9.17) is 0 Å². The van der Waals surface area contributed by atoms with Gasteiger partial charge in [0.25, 0.3) is 0 Å². The number of benzene rings is 1. The van der Waals surface area contributed by atoms with Gasteiger partial charge in [-0.3, -0.25) is 4.90 Å². The van der Waals surface area contributed by atoms with Gasteiger partial charge in [-0.1, -0.05) is 12.5 Å². The second-order valence-electron chi connectivity index (χ2n) is 6.45. The van der Waals surface area contributed by atoms with E-state index in [0.717, 1.165) is 18.7 Å². The Labute approximate surface area is 126 Å². The zero-order chi connectivity index (χ0) is 14.8. The number of nitrogens with one attached hydrogen (secondary N) is 1. The van der Waals surface area contributed by atoms with Crippen LogP contribution in [0.5, 0.6) is 5.75 Å². The molecule has 1 saturated carbocycles. The van der Waals surface area contributed by atoms with Crippen molar-refractivity contribution in [2.75, 3.05) is 13.1 Å². The topological polar surface area (TPSA) is 35.5 Å². The molecule has 2 aliphatic rings. The lowest BCUT2D eigenvalue weighted by Crippen LogP contribution is -2.45. The van der Waals surface area contributed by atoms with Crippen LogP contribution in [0.1, 0.15) is 50.6 Å². The molecule has 4 heteroatoms. The molecule has 1 aromatic rings. The van der Waals surface area contributed by atoms with Crippen molar-refractivity contribution in [3.63, 3.8) is 0 Å². The zero-order valence-corrected chi connectivity index (χ0v) is 12.7. The van der Waals surface area contributed by atoms with E-state index in [0.29, 0.717) is 12.1 Å². The van der Waals surface area contributed by atoms with Crippen molar-refractivity contribution in [2.24, 2.45) is 0 Å². The second-order valence-corrected chi connectivity index (χ2v) is 6.45. The molecule has 21 heavy (non-hydrogen) atoms. The summed E-state index contributed by atoms with van der Waals surface area (Å²) in [5, 5.41) is 13.6. The van der Waals surface area contributed by atoms with Gasteiger partial charge in [0.2, 0.25) is 0 Å². The molecule has 0 aromatic heterocycles. The molecule has 1 aromatic carbocycles. The van der Waals surface area contributed by atoms with Crippen LogP contribution in [0.15, 0.2) is 18.2 Å². The SMILES string of the molecule is CC(c1ccc(F)cc1O)N(CC1CCCCN1)C1CC1. The maximum Gasteiger partial charge on any atom is 0.126 e. The summed E-state index contributed by atoms with van der Waals surface area (Å²) in [6.07, 6.45) is 6.27. The van der Waals surface area contributed by atoms with Crippen LogP contribution in [-0.2, 0) is 0 Å². The van der Waals surface area contributed by atoms with Gasteiger partial charge in [-0.2, -0.15) is 0 Å². The van der Waals surface area contributed by atoms with Gasteiger partial charge in [-0.25, -0.2) is 4.39 Å². The fourth-order valence-corrected chi connectivity index (χ4v) is 3.41. The third-order valence-corrected chi connectivity index (χ3v) is 4.80. The average Bonchev–Trinajstić information content (AvgIpc) is 3.30. The Morgan fingerprint density at radius 1 is 1.33 bits per heavy atom. The van der Waals surface area contributed by atoms with Crippen LogP contribution in [0.25, 0.3) is 0 Å². The van der Waals surface area contributed by atoms with E-state index in [2.05, 4.69) is 17.1 Å². The molecule has 0 spiro atoms. The predicted octanol–water partition coefficient (Wildman–Crippen LogP) is 3.20. The zero-order valence-electron chi connectivity index (χ0n) is 12.7. The second kappa shape index (κ2) is 6.32. The Balaban J connectivity index is 1.73. The highest BCUT2D eigenvalue weighted by atomic mass is 19.1. The smallest absolute Gasteiger partial charge is 0.126 e. The number of hydrogen-bond acceptors (Lipinski definition) is 3. The van der Waals surface area contributed by atoms with Crippen molar-refractivity contribution in [2.45, 2.75) is 57.2 Å². The monoisotopic (exact) mass is 292 g/mol. The van der Waals surface area contributed by atoms with Crippen LogP contribution in [0.3, 0.4) is 0 Å². The lowest BCUT2D eigenvalue weighted by Gasteiger charge is -2.35. The summed E-state index contributed by atoms with van der Waals surface area (Å²) in [7, 11) is 0. The van der Waals surface area contributed by atoms with Gasteiger partial charge >= 0.3 is 0 Å². The number of phenolic OH excluding ortho intramolecular Hbond substituents is 1. The van der Waals surface area contributed by atoms with E-state index < -0.39 is 0 Å². The minimum absolute atomic E-state index is 0.0738. The number of hydrogen-bond donors (Lipinski definition) is 2. The summed E-state index contributed by atoms with van der Waals surface area (Å²) < 4.78 is 13.2. The number of nitrogens with zero attached hydrogens (tertiary/aromatic N) is 1. The number of halogens is 1. The van der Waals surface area contributed by atoms with Gasteiger partial charge in [-0.15, -0.1) is 0 Å². The van der Waals surface area contributed by atoms with E-state index >= 15 is 0 Å². The minimum Gasteiger partial charge on any atom is -0.508 e. The molecule has 2 fully saturated rings. The van der Waals surface area contributed by atoms with E-state index in [1.807, 2.05) is 0 Å². The summed E-state index contributed by atoms with van der Waals surface area (Å²) in [4.78, 5) is 2.48. The molecule has 1 aliphatic heterocycles. The first-order valence-corrected chi connectivity index (χ1v) is 8.12. The molecule has 3 nitrogen and oxygen atoms in total. The van der Waals surface area contributed by atoms with Crippen molar-refractivity contribution in [1.82, 2.24) is 10.2 Å². The van der Waals surface area contributed by atoms with Crippen LogP contribution in [0, 0.1) is 5.82 Å². The lowest BCUT2D eigenvalue weighted by molar-refractivity contribution is 0.164. The van der Waals surface area contributed by atoms with Gasteiger partial charge in [-0.05, 0) is 45.2 Å². The maximum absolute atomic E-state index is 13.2. The quantitative estimate of drug-likeness (QED) is 0.875. The van der Waals surface area contributed by atoms with Crippen LogP contribution in [0.4, 0.5) is 4.39 Å². The van der Waals surface area contributed by atoms with Crippen molar-refractivity contribution in [3.8, 4) is 5.75 Å². The van der Waals surface area contributed by atoms with Gasteiger partial charge in [0.1, 0.15) is 11.6 Å². The lowest BCUT2D eigenvalue weighted by atomic mass is 10.0. The Hall–Kier alpha value is -1.13. The first kappa shape index (κ1) is 14.8. The third kappa shape index (κ3) is 3.55. The van der Waals surface area contributed by atoms with Crippen LogP contribution < -0.4 is 5.32 Å². The molecular weight excluding hydrogens is 267 g/mol.